The van der Waals surface area contributed by atoms with Crippen LogP contribution in [0.4, 0.5) is 9.59 Å². The van der Waals surface area contributed by atoms with Crippen molar-refractivity contribution >= 4 is 12.3 Å². The summed E-state index contributed by atoms with van der Waals surface area (Å²) in [5.74, 6) is 0. The molecule has 8 heteroatoms. The molecule has 0 radical (unpaired) electrons. The first-order chi connectivity index (χ1) is 10.7. The van der Waals surface area contributed by atoms with E-state index in [9.17, 15) is 9.59 Å². The molecule has 0 atom stereocenters. The molecule has 0 unspecified atom stereocenters. The normalized spacial score (nSPS) is 20.2. The van der Waals surface area contributed by atoms with Crippen LogP contribution < -0.4 is 0 Å². The molecule has 2 rings (SSSR count). The van der Waals surface area contributed by atoms with Gasteiger partial charge >= 0.3 is 12.3 Å². The zero-order valence-electron chi connectivity index (χ0n) is 12.5. The van der Waals surface area contributed by atoms with E-state index >= 15 is 0 Å². The monoisotopic (exact) mass is 318 g/mol. The number of ether oxygens (including phenoxy) is 2. The smallest absolute Gasteiger partial charge is 0.429 e. The Labute approximate surface area is 128 Å². The first kappa shape index (κ1) is 16.8. The second-order valence-corrected chi connectivity index (χ2v) is 5.56. The molecule has 8 nitrogen and oxygen atoms in total. The van der Waals surface area contributed by atoms with Gasteiger partial charge in [-0.3, -0.25) is 0 Å². The van der Waals surface area contributed by atoms with Gasteiger partial charge in [-0.2, -0.15) is 0 Å². The van der Waals surface area contributed by atoms with Gasteiger partial charge in [-0.1, -0.05) is 12.8 Å². The van der Waals surface area contributed by atoms with Gasteiger partial charge in [-0.25, -0.2) is 19.4 Å². The van der Waals surface area contributed by atoms with Crippen LogP contribution in [0.25, 0.3) is 0 Å². The first-order valence-electron chi connectivity index (χ1n) is 7.83. The van der Waals surface area contributed by atoms with E-state index in [-0.39, 0.29) is 12.2 Å². The lowest BCUT2D eigenvalue weighted by Crippen LogP contribution is -2.23. The van der Waals surface area contributed by atoms with Gasteiger partial charge in [-0.15, -0.1) is 0 Å². The summed E-state index contributed by atoms with van der Waals surface area (Å²) in [5, 5.41) is 8.00. The molecule has 0 aromatic rings. The molecule has 0 aromatic heterocycles. The quantitative estimate of drug-likeness (QED) is 0.328. The molecular weight excluding hydrogens is 296 g/mol. The average molecular weight is 318 g/mol. The van der Waals surface area contributed by atoms with Crippen LogP contribution in [0.5, 0.6) is 0 Å². The van der Waals surface area contributed by atoms with E-state index in [0.717, 1.165) is 64.2 Å². The minimum atomic E-state index is -1.03. The van der Waals surface area contributed by atoms with E-state index < -0.39 is 12.3 Å². The minimum absolute atomic E-state index is 0.165. The Morgan fingerprint density at radius 3 is 1.32 bits per heavy atom. The molecule has 2 aliphatic rings. The van der Waals surface area contributed by atoms with E-state index in [1.54, 1.807) is 0 Å². The van der Waals surface area contributed by atoms with Crippen LogP contribution in [-0.2, 0) is 29.3 Å². The van der Waals surface area contributed by atoms with E-state index in [1.165, 1.54) is 0 Å². The predicted octanol–water partition coefficient (Wildman–Crippen LogP) is 3.74. The van der Waals surface area contributed by atoms with Crippen molar-refractivity contribution in [3.63, 3.8) is 0 Å². The highest BCUT2D eigenvalue weighted by molar-refractivity contribution is 5.59. The van der Waals surface area contributed by atoms with Gasteiger partial charge in [0.05, 0.1) is 0 Å². The summed E-state index contributed by atoms with van der Waals surface area (Å²) >= 11 is 0. The predicted molar refractivity (Wildman–Crippen MR) is 71.0 cm³/mol. The molecule has 0 spiro atoms. The third kappa shape index (κ3) is 6.48. The Balaban J connectivity index is 1.48. The van der Waals surface area contributed by atoms with Crippen molar-refractivity contribution in [1.82, 2.24) is 0 Å². The number of carbonyl (C=O) groups excluding carboxylic acids is 2. The Morgan fingerprint density at radius 1 is 0.591 bits per heavy atom. The number of rotatable bonds is 5. The third-order valence-corrected chi connectivity index (χ3v) is 3.86. The van der Waals surface area contributed by atoms with Gasteiger partial charge in [-0.05, 0) is 51.4 Å². The molecule has 0 heterocycles. The fraction of sp³-hybridized carbons (Fsp3) is 0.857. The highest BCUT2D eigenvalue weighted by Crippen LogP contribution is 2.21. The number of carbonyl (C=O) groups is 2. The van der Waals surface area contributed by atoms with Gasteiger partial charge in [0.25, 0.3) is 0 Å². The van der Waals surface area contributed by atoms with Crippen LogP contribution in [-0.4, -0.2) is 24.5 Å². The van der Waals surface area contributed by atoms with Crippen molar-refractivity contribution in [2.24, 2.45) is 0 Å². The molecule has 126 valence electrons. The van der Waals surface area contributed by atoms with Crippen LogP contribution in [0.2, 0.25) is 0 Å². The van der Waals surface area contributed by atoms with E-state index in [2.05, 4.69) is 19.9 Å². The van der Waals surface area contributed by atoms with E-state index in [0.29, 0.717) is 0 Å². The van der Waals surface area contributed by atoms with Gasteiger partial charge in [0.2, 0.25) is 0 Å². The van der Waals surface area contributed by atoms with Crippen LogP contribution in [0.3, 0.4) is 0 Å². The van der Waals surface area contributed by atoms with Crippen molar-refractivity contribution in [3.05, 3.63) is 0 Å². The molecule has 0 aliphatic heterocycles. The van der Waals surface area contributed by atoms with Crippen molar-refractivity contribution in [1.29, 1.82) is 0 Å². The molecular formula is C14H22O8. The standard InChI is InChI=1S/C14H22O8/c15-13(17-11-7-3-1-4-8-11)19-21-22-20-14(16)18-12-9-5-2-6-10-12/h11-12H,1-10H2. The summed E-state index contributed by atoms with van der Waals surface area (Å²) in [6.45, 7) is 0. The summed E-state index contributed by atoms with van der Waals surface area (Å²) < 4.78 is 9.96. The lowest BCUT2D eigenvalue weighted by Gasteiger charge is -2.20. The summed E-state index contributed by atoms with van der Waals surface area (Å²) in [6.07, 6.45) is 7.20. The molecule has 2 saturated carbocycles. The Kier molecular flexibility index (Phi) is 7.24. The Bertz CT molecular complexity index is 313. The summed E-state index contributed by atoms with van der Waals surface area (Å²) in [6, 6.07) is 0. The summed E-state index contributed by atoms with van der Waals surface area (Å²) in [4.78, 5) is 30.8. The molecule has 0 bridgehead atoms. The third-order valence-electron chi connectivity index (χ3n) is 3.86. The van der Waals surface area contributed by atoms with Crippen LogP contribution in [0, 0.1) is 0 Å². The molecule has 2 fully saturated rings. The molecule has 0 aromatic carbocycles. The number of hydrogen-bond donors (Lipinski definition) is 0. The zero-order valence-corrected chi connectivity index (χ0v) is 12.5. The lowest BCUT2D eigenvalue weighted by atomic mass is 9.98. The maximum absolute atomic E-state index is 11.3. The topological polar surface area (TPSA) is 89.5 Å². The fourth-order valence-electron chi connectivity index (χ4n) is 2.76. The second-order valence-electron chi connectivity index (χ2n) is 5.56. The van der Waals surface area contributed by atoms with Gasteiger partial charge < -0.3 is 9.47 Å². The fourth-order valence-corrected chi connectivity index (χ4v) is 2.76. The SMILES string of the molecule is O=C(OOOOC(=O)OC1CCCCC1)OC1CCCCC1. The Morgan fingerprint density at radius 2 is 0.955 bits per heavy atom. The van der Waals surface area contributed by atoms with Gasteiger partial charge in [0.15, 0.2) is 0 Å². The molecule has 0 N–H and O–H groups in total. The molecule has 0 amide bonds. The zero-order chi connectivity index (χ0) is 15.6. The highest BCUT2D eigenvalue weighted by atomic mass is 17.7. The van der Waals surface area contributed by atoms with Crippen LogP contribution in [0.1, 0.15) is 64.2 Å². The van der Waals surface area contributed by atoms with Crippen molar-refractivity contribution in [3.8, 4) is 0 Å². The second kappa shape index (κ2) is 9.47. The van der Waals surface area contributed by atoms with Crippen LogP contribution >= 0.6 is 0 Å². The average Bonchev–Trinajstić information content (AvgIpc) is 2.53. The maximum Gasteiger partial charge on any atom is 0.543 e. The first-order valence-corrected chi connectivity index (χ1v) is 7.83. The summed E-state index contributed by atoms with van der Waals surface area (Å²) in [5.41, 5.74) is 0. The lowest BCUT2D eigenvalue weighted by molar-refractivity contribution is -0.601. The molecule has 2 aliphatic carbocycles. The van der Waals surface area contributed by atoms with Crippen molar-refractivity contribution in [2.75, 3.05) is 0 Å². The molecule has 22 heavy (non-hydrogen) atoms. The Hall–Kier alpha value is -1.54. The van der Waals surface area contributed by atoms with Gasteiger partial charge in [0.1, 0.15) is 12.2 Å². The van der Waals surface area contributed by atoms with Gasteiger partial charge in [0, 0.05) is 10.1 Å². The largest absolute Gasteiger partial charge is 0.543 e. The van der Waals surface area contributed by atoms with Crippen molar-refractivity contribution in [2.45, 2.75) is 76.4 Å². The van der Waals surface area contributed by atoms with E-state index in [4.69, 9.17) is 9.47 Å². The molecule has 0 saturated heterocycles. The maximum atomic E-state index is 11.3. The van der Waals surface area contributed by atoms with Crippen molar-refractivity contribution < 1.29 is 38.9 Å². The number of hydrogen-bond acceptors (Lipinski definition) is 8. The van der Waals surface area contributed by atoms with E-state index in [1.807, 2.05) is 0 Å². The highest BCUT2D eigenvalue weighted by Gasteiger charge is 2.21. The minimum Gasteiger partial charge on any atom is -0.429 e. The van der Waals surface area contributed by atoms with Crippen LogP contribution in [0.15, 0.2) is 0 Å². The summed E-state index contributed by atoms with van der Waals surface area (Å²) in [7, 11) is 0.